The number of fused-ring (bicyclic) bond motifs is 1. The fourth-order valence-electron chi connectivity index (χ4n) is 2.83. The molecule has 1 N–H and O–H groups in total. The van der Waals surface area contributed by atoms with Gasteiger partial charge in [0, 0.05) is 17.8 Å². The molecule has 0 aliphatic heterocycles. The maximum Gasteiger partial charge on any atom is 0.271 e. The number of anilines is 1. The Morgan fingerprint density at radius 1 is 1.33 bits per heavy atom. The number of aryl methyl sites for hydroxylation is 1. The zero-order chi connectivity index (χ0) is 15.0. The zero-order valence-electron chi connectivity index (χ0n) is 11.6. The monoisotopic (exact) mass is 286 g/mol. The lowest BCUT2D eigenvalue weighted by Gasteiger charge is -2.17. The van der Waals surface area contributed by atoms with Crippen molar-refractivity contribution >= 4 is 11.4 Å². The van der Waals surface area contributed by atoms with Gasteiger partial charge in [-0.15, -0.1) is 0 Å². The first-order chi connectivity index (χ1) is 10.1. The molecule has 0 spiro atoms. The van der Waals surface area contributed by atoms with E-state index in [1.165, 1.54) is 18.2 Å². The molecule has 0 radical (unpaired) electrons. The van der Waals surface area contributed by atoms with Gasteiger partial charge < -0.3 is 5.32 Å². The van der Waals surface area contributed by atoms with Gasteiger partial charge in [0.2, 0.25) is 0 Å². The molecule has 0 saturated carbocycles. The minimum Gasteiger partial charge on any atom is -0.378 e. The summed E-state index contributed by atoms with van der Waals surface area (Å²) in [5, 5.41) is 14.2. The van der Waals surface area contributed by atoms with Gasteiger partial charge in [0.1, 0.15) is 5.82 Å². The van der Waals surface area contributed by atoms with Crippen LogP contribution in [-0.2, 0) is 6.42 Å². The number of benzene rings is 2. The van der Waals surface area contributed by atoms with Gasteiger partial charge in [0.05, 0.1) is 11.0 Å². The molecule has 0 fully saturated rings. The highest BCUT2D eigenvalue weighted by Gasteiger charge is 2.25. The first-order valence-electron chi connectivity index (χ1n) is 6.85. The molecule has 1 aliphatic rings. The van der Waals surface area contributed by atoms with Gasteiger partial charge in [0.15, 0.2) is 0 Å². The summed E-state index contributed by atoms with van der Waals surface area (Å²) in [4.78, 5) is 10.5. The number of nitrogens with zero attached hydrogens (tertiary/aromatic N) is 1. The largest absolute Gasteiger partial charge is 0.378 e. The predicted molar refractivity (Wildman–Crippen MR) is 78.9 cm³/mol. The minimum atomic E-state index is -0.410. The molecule has 0 aromatic heterocycles. The van der Waals surface area contributed by atoms with Crippen molar-refractivity contribution in [3.05, 3.63) is 69.0 Å². The fourth-order valence-corrected chi connectivity index (χ4v) is 2.83. The van der Waals surface area contributed by atoms with Crippen molar-refractivity contribution in [2.24, 2.45) is 0 Å². The van der Waals surface area contributed by atoms with Crippen LogP contribution in [0.3, 0.4) is 0 Å². The van der Waals surface area contributed by atoms with Crippen LogP contribution in [0.25, 0.3) is 0 Å². The van der Waals surface area contributed by atoms with Crippen molar-refractivity contribution in [3.63, 3.8) is 0 Å². The quantitative estimate of drug-likeness (QED) is 0.681. The first-order valence-corrected chi connectivity index (χ1v) is 6.85. The molecule has 3 rings (SSSR count). The minimum absolute atomic E-state index is 0.00333. The molecule has 21 heavy (non-hydrogen) atoms. The van der Waals surface area contributed by atoms with Gasteiger partial charge in [-0.2, -0.15) is 0 Å². The number of halogens is 1. The Kier molecular flexibility index (Phi) is 3.33. The zero-order valence-corrected chi connectivity index (χ0v) is 11.6. The van der Waals surface area contributed by atoms with Crippen molar-refractivity contribution in [2.45, 2.75) is 25.8 Å². The second-order valence-corrected chi connectivity index (χ2v) is 5.30. The molecule has 108 valence electrons. The lowest BCUT2D eigenvalue weighted by molar-refractivity contribution is -0.384. The Hall–Kier alpha value is -2.43. The van der Waals surface area contributed by atoms with E-state index in [2.05, 4.69) is 5.32 Å². The third-order valence-electron chi connectivity index (χ3n) is 3.98. The molecule has 2 aromatic rings. The van der Waals surface area contributed by atoms with Gasteiger partial charge in [-0.1, -0.05) is 18.2 Å². The normalized spacial score (nSPS) is 16.6. The molecule has 1 aliphatic carbocycles. The van der Waals surface area contributed by atoms with Crippen molar-refractivity contribution in [2.75, 3.05) is 5.32 Å². The summed E-state index contributed by atoms with van der Waals surface area (Å²) in [7, 11) is 0. The number of nitro groups is 1. The number of hydrogen-bond donors (Lipinski definition) is 1. The van der Waals surface area contributed by atoms with Crippen LogP contribution in [0.15, 0.2) is 36.4 Å². The van der Waals surface area contributed by atoms with Crippen LogP contribution < -0.4 is 5.32 Å². The summed E-state index contributed by atoms with van der Waals surface area (Å²) in [5.41, 5.74) is 3.41. The third-order valence-corrected chi connectivity index (χ3v) is 3.98. The average Bonchev–Trinajstić information content (AvgIpc) is 2.86. The van der Waals surface area contributed by atoms with E-state index in [1.54, 1.807) is 12.1 Å². The summed E-state index contributed by atoms with van der Waals surface area (Å²) >= 11 is 0. The predicted octanol–water partition coefficient (Wildman–Crippen LogP) is 4.14. The van der Waals surface area contributed by atoms with Gasteiger partial charge in [0.25, 0.3) is 5.69 Å². The van der Waals surface area contributed by atoms with Crippen LogP contribution in [-0.4, -0.2) is 4.92 Å². The van der Waals surface area contributed by atoms with Crippen molar-refractivity contribution in [1.29, 1.82) is 0 Å². The summed E-state index contributed by atoms with van der Waals surface area (Å²) in [6.45, 7) is 1.90. The smallest absolute Gasteiger partial charge is 0.271 e. The Morgan fingerprint density at radius 3 is 2.90 bits per heavy atom. The molecular weight excluding hydrogens is 271 g/mol. The van der Waals surface area contributed by atoms with Gasteiger partial charge in [-0.3, -0.25) is 10.1 Å². The molecule has 2 aromatic carbocycles. The standard InChI is InChI=1S/C16H15FN2O2/c1-10-5-6-11(19(20)21)9-16(10)18-15-8-7-12-13(15)3-2-4-14(12)17/h2-6,9,15,18H,7-8H2,1H3. The second kappa shape index (κ2) is 5.16. The van der Waals surface area contributed by atoms with Crippen molar-refractivity contribution in [3.8, 4) is 0 Å². The molecule has 0 amide bonds. The molecule has 1 atom stereocenters. The van der Waals surface area contributed by atoms with Gasteiger partial charge >= 0.3 is 0 Å². The summed E-state index contributed by atoms with van der Waals surface area (Å²) in [6, 6.07) is 9.83. The maximum absolute atomic E-state index is 13.7. The van der Waals surface area contributed by atoms with E-state index < -0.39 is 4.92 Å². The topological polar surface area (TPSA) is 55.2 Å². The number of hydrogen-bond acceptors (Lipinski definition) is 3. The lowest BCUT2D eigenvalue weighted by Crippen LogP contribution is -2.08. The van der Waals surface area contributed by atoms with Crippen molar-refractivity contribution < 1.29 is 9.31 Å². The highest BCUT2D eigenvalue weighted by molar-refractivity contribution is 5.58. The lowest BCUT2D eigenvalue weighted by atomic mass is 10.1. The van der Waals surface area contributed by atoms with Crippen LogP contribution in [0.2, 0.25) is 0 Å². The van der Waals surface area contributed by atoms with Crippen LogP contribution in [0.1, 0.15) is 29.2 Å². The third kappa shape index (κ3) is 2.46. The Labute approximate surface area is 121 Å². The van der Waals surface area contributed by atoms with E-state index in [0.29, 0.717) is 6.42 Å². The van der Waals surface area contributed by atoms with Crippen LogP contribution in [0.5, 0.6) is 0 Å². The SMILES string of the molecule is Cc1ccc([N+](=O)[O-])cc1NC1CCc2c(F)cccc21. The van der Waals surface area contributed by atoms with Crippen LogP contribution in [0, 0.1) is 22.9 Å². The Bertz CT molecular complexity index is 715. The van der Waals surface area contributed by atoms with Crippen molar-refractivity contribution in [1.82, 2.24) is 0 Å². The van der Waals surface area contributed by atoms with E-state index in [0.717, 1.165) is 28.8 Å². The van der Waals surface area contributed by atoms with Gasteiger partial charge in [-0.05, 0) is 42.5 Å². The Balaban J connectivity index is 1.91. The Morgan fingerprint density at radius 2 is 2.14 bits per heavy atom. The highest BCUT2D eigenvalue weighted by atomic mass is 19.1. The summed E-state index contributed by atoms with van der Waals surface area (Å²) in [5.74, 6) is -0.174. The molecule has 5 heteroatoms. The summed E-state index contributed by atoms with van der Waals surface area (Å²) < 4.78 is 13.7. The number of nitro benzene ring substituents is 1. The van der Waals surface area contributed by atoms with E-state index in [-0.39, 0.29) is 17.5 Å². The molecule has 4 nitrogen and oxygen atoms in total. The second-order valence-electron chi connectivity index (χ2n) is 5.30. The molecule has 1 unspecified atom stereocenters. The molecule has 0 bridgehead atoms. The van der Waals surface area contributed by atoms with E-state index in [9.17, 15) is 14.5 Å². The molecule has 0 heterocycles. The summed E-state index contributed by atoms with van der Waals surface area (Å²) in [6.07, 6.45) is 1.48. The van der Waals surface area contributed by atoms with E-state index in [1.807, 2.05) is 13.0 Å². The number of non-ortho nitro benzene ring substituents is 1. The first kappa shape index (κ1) is 13.5. The average molecular weight is 286 g/mol. The maximum atomic E-state index is 13.7. The number of nitrogens with one attached hydrogen (secondary N) is 1. The van der Waals surface area contributed by atoms with E-state index in [4.69, 9.17) is 0 Å². The van der Waals surface area contributed by atoms with Crippen LogP contribution in [0.4, 0.5) is 15.8 Å². The van der Waals surface area contributed by atoms with E-state index >= 15 is 0 Å². The molecular formula is C16H15FN2O2. The molecule has 0 saturated heterocycles. The fraction of sp³-hybridized carbons (Fsp3) is 0.250. The van der Waals surface area contributed by atoms with Gasteiger partial charge in [-0.25, -0.2) is 4.39 Å². The van der Waals surface area contributed by atoms with Crippen LogP contribution >= 0.6 is 0 Å². The highest BCUT2D eigenvalue weighted by Crippen LogP contribution is 2.36. The number of rotatable bonds is 3.